The predicted molar refractivity (Wildman–Crippen MR) is 63.9 cm³/mol. The van der Waals surface area contributed by atoms with Gasteiger partial charge in [0.25, 0.3) is 0 Å². The summed E-state index contributed by atoms with van der Waals surface area (Å²) in [4.78, 5) is 22.6. The molecule has 0 aromatic rings. The van der Waals surface area contributed by atoms with Gasteiger partial charge in [-0.2, -0.15) is 0 Å². The summed E-state index contributed by atoms with van der Waals surface area (Å²) in [6.07, 6.45) is 2.81. The summed E-state index contributed by atoms with van der Waals surface area (Å²) < 4.78 is 0. The summed E-state index contributed by atoms with van der Waals surface area (Å²) in [6.45, 7) is 4.07. The van der Waals surface area contributed by atoms with E-state index in [-0.39, 0.29) is 23.8 Å². The van der Waals surface area contributed by atoms with E-state index in [2.05, 4.69) is 19.2 Å². The molecule has 0 aromatic heterocycles. The number of hydrogen-bond donors (Lipinski definition) is 3. The van der Waals surface area contributed by atoms with Gasteiger partial charge in [-0.1, -0.05) is 26.7 Å². The van der Waals surface area contributed by atoms with Gasteiger partial charge < -0.3 is 16.2 Å². The monoisotopic (exact) mass is 242 g/mol. The molecule has 0 spiro atoms. The fourth-order valence-corrected chi connectivity index (χ4v) is 2.40. The zero-order valence-corrected chi connectivity index (χ0v) is 10.5. The average Bonchev–Trinajstić information content (AvgIpc) is 2.24. The van der Waals surface area contributed by atoms with Gasteiger partial charge in [-0.05, 0) is 18.3 Å². The molecule has 2 atom stereocenters. The number of hydrogen-bond acceptors (Lipinski definition) is 3. The van der Waals surface area contributed by atoms with Crippen LogP contribution < -0.4 is 11.1 Å². The van der Waals surface area contributed by atoms with Crippen LogP contribution in [0, 0.1) is 11.3 Å². The van der Waals surface area contributed by atoms with Crippen LogP contribution in [0.2, 0.25) is 0 Å². The van der Waals surface area contributed by atoms with Gasteiger partial charge >= 0.3 is 0 Å². The van der Waals surface area contributed by atoms with Gasteiger partial charge in [0, 0.05) is 5.92 Å². The van der Waals surface area contributed by atoms with Crippen molar-refractivity contribution in [2.45, 2.75) is 45.6 Å². The van der Waals surface area contributed by atoms with Crippen LogP contribution in [0.4, 0.5) is 0 Å². The molecule has 0 aromatic carbocycles. The van der Waals surface area contributed by atoms with E-state index >= 15 is 0 Å². The predicted octanol–water partition coefficient (Wildman–Crippen LogP) is 0.165. The maximum absolute atomic E-state index is 12.0. The van der Waals surface area contributed by atoms with Crippen LogP contribution in [-0.4, -0.2) is 29.6 Å². The van der Waals surface area contributed by atoms with E-state index < -0.39 is 12.0 Å². The van der Waals surface area contributed by atoms with Crippen LogP contribution in [0.1, 0.15) is 39.5 Å². The second kappa shape index (κ2) is 5.49. The zero-order valence-electron chi connectivity index (χ0n) is 10.5. The Morgan fingerprint density at radius 2 is 2.12 bits per heavy atom. The molecule has 2 amide bonds. The van der Waals surface area contributed by atoms with Crippen LogP contribution in [0.25, 0.3) is 0 Å². The molecule has 5 nitrogen and oxygen atoms in total. The van der Waals surface area contributed by atoms with Gasteiger partial charge in [0.15, 0.2) is 0 Å². The topological polar surface area (TPSA) is 92.4 Å². The highest BCUT2D eigenvalue weighted by molar-refractivity contribution is 5.82. The van der Waals surface area contributed by atoms with E-state index in [0.717, 1.165) is 25.7 Å². The lowest BCUT2D eigenvalue weighted by Crippen LogP contribution is -2.45. The number of amides is 2. The van der Waals surface area contributed by atoms with Crippen molar-refractivity contribution >= 4 is 11.8 Å². The Balaban J connectivity index is 2.49. The van der Waals surface area contributed by atoms with Gasteiger partial charge in [0.1, 0.15) is 6.10 Å². The zero-order chi connectivity index (χ0) is 13.1. The fraction of sp³-hybridized carbons (Fsp3) is 0.833. The molecule has 1 saturated carbocycles. The molecule has 4 N–H and O–H groups in total. The largest absolute Gasteiger partial charge is 0.381 e. The maximum atomic E-state index is 12.0. The number of carbonyl (C=O) groups is 2. The fourth-order valence-electron chi connectivity index (χ4n) is 2.40. The number of aliphatic hydroxyl groups excluding tert-OH is 1. The smallest absolute Gasteiger partial charge is 0.248 e. The first kappa shape index (κ1) is 14.0. The van der Waals surface area contributed by atoms with E-state index in [1.54, 1.807) is 0 Å². The average molecular weight is 242 g/mol. The molecule has 98 valence electrons. The van der Waals surface area contributed by atoms with E-state index in [1.807, 2.05) is 0 Å². The minimum Gasteiger partial charge on any atom is -0.381 e. The van der Waals surface area contributed by atoms with Crippen molar-refractivity contribution in [3.8, 4) is 0 Å². The maximum Gasteiger partial charge on any atom is 0.248 e. The van der Waals surface area contributed by atoms with Gasteiger partial charge in [0.2, 0.25) is 11.8 Å². The molecule has 1 aliphatic rings. The van der Waals surface area contributed by atoms with Crippen LogP contribution in [-0.2, 0) is 9.59 Å². The molecule has 0 saturated heterocycles. The van der Waals surface area contributed by atoms with E-state index in [1.165, 1.54) is 0 Å². The molecule has 2 unspecified atom stereocenters. The van der Waals surface area contributed by atoms with Crippen molar-refractivity contribution in [1.82, 2.24) is 5.32 Å². The van der Waals surface area contributed by atoms with Gasteiger partial charge in [-0.15, -0.1) is 0 Å². The number of nitrogens with two attached hydrogens (primary N) is 1. The van der Waals surface area contributed by atoms with Crippen molar-refractivity contribution in [3.63, 3.8) is 0 Å². The van der Waals surface area contributed by atoms with Crippen LogP contribution in [0.3, 0.4) is 0 Å². The van der Waals surface area contributed by atoms with Crippen molar-refractivity contribution in [1.29, 1.82) is 0 Å². The Kier molecular flexibility index (Phi) is 4.51. The SMILES string of the molecule is CC1(C)CCCCC1C(=O)NCC(O)C(N)=O. The van der Waals surface area contributed by atoms with Gasteiger partial charge in [-0.3, -0.25) is 9.59 Å². The third-order valence-electron chi connectivity index (χ3n) is 3.62. The summed E-state index contributed by atoms with van der Waals surface area (Å²) >= 11 is 0. The van der Waals surface area contributed by atoms with Crippen molar-refractivity contribution in [3.05, 3.63) is 0 Å². The standard InChI is InChI=1S/C12H22N2O3/c1-12(2)6-4-3-5-8(12)11(17)14-7-9(15)10(13)16/h8-9,15H,3-7H2,1-2H3,(H2,13,16)(H,14,17). The van der Waals surface area contributed by atoms with E-state index in [0.29, 0.717) is 0 Å². The third-order valence-corrected chi connectivity index (χ3v) is 3.62. The molecule has 1 rings (SSSR count). The molecule has 1 aliphatic carbocycles. The molecular formula is C12H22N2O3. The lowest BCUT2D eigenvalue weighted by atomic mass is 9.68. The quantitative estimate of drug-likeness (QED) is 0.656. The number of primary amides is 1. The first-order valence-corrected chi connectivity index (χ1v) is 6.09. The van der Waals surface area contributed by atoms with Gasteiger partial charge in [-0.25, -0.2) is 0 Å². The lowest BCUT2D eigenvalue weighted by molar-refractivity contribution is -0.131. The van der Waals surface area contributed by atoms with Gasteiger partial charge in [0.05, 0.1) is 6.54 Å². The highest BCUT2D eigenvalue weighted by Gasteiger charge is 2.37. The summed E-state index contributed by atoms with van der Waals surface area (Å²) in [5.74, 6) is -0.945. The van der Waals surface area contributed by atoms with Crippen molar-refractivity contribution in [2.75, 3.05) is 6.54 Å². The summed E-state index contributed by atoms with van der Waals surface area (Å²) in [5.41, 5.74) is 4.90. The first-order valence-electron chi connectivity index (χ1n) is 6.09. The Labute approximate surface area is 102 Å². The summed E-state index contributed by atoms with van der Waals surface area (Å²) in [5, 5.41) is 11.8. The number of rotatable bonds is 4. The number of aliphatic hydroxyl groups is 1. The molecule has 5 heteroatoms. The van der Waals surface area contributed by atoms with Crippen LogP contribution in [0.15, 0.2) is 0 Å². The highest BCUT2D eigenvalue weighted by atomic mass is 16.3. The van der Waals surface area contributed by atoms with E-state index in [4.69, 9.17) is 5.73 Å². The molecular weight excluding hydrogens is 220 g/mol. The highest BCUT2D eigenvalue weighted by Crippen LogP contribution is 2.40. The molecule has 0 aliphatic heterocycles. The molecule has 0 heterocycles. The molecule has 0 bridgehead atoms. The Morgan fingerprint density at radius 1 is 1.47 bits per heavy atom. The van der Waals surface area contributed by atoms with Crippen LogP contribution in [0.5, 0.6) is 0 Å². The molecule has 1 fully saturated rings. The normalized spacial score (nSPS) is 25.0. The second-order valence-corrected chi connectivity index (χ2v) is 5.45. The lowest BCUT2D eigenvalue weighted by Gasteiger charge is -2.37. The number of carbonyl (C=O) groups excluding carboxylic acids is 2. The minimum atomic E-state index is -1.30. The van der Waals surface area contributed by atoms with Crippen molar-refractivity contribution < 1.29 is 14.7 Å². The Morgan fingerprint density at radius 3 is 2.65 bits per heavy atom. The minimum absolute atomic E-state index is 0.0139. The molecule has 0 radical (unpaired) electrons. The first-order chi connectivity index (χ1) is 7.84. The Bertz CT molecular complexity index is 302. The number of nitrogens with one attached hydrogen (secondary N) is 1. The molecule has 17 heavy (non-hydrogen) atoms. The summed E-state index contributed by atoms with van der Waals surface area (Å²) in [6, 6.07) is 0. The second-order valence-electron chi connectivity index (χ2n) is 5.45. The Hall–Kier alpha value is -1.10. The van der Waals surface area contributed by atoms with Crippen LogP contribution >= 0.6 is 0 Å². The third kappa shape index (κ3) is 3.70. The van der Waals surface area contributed by atoms with E-state index in [9.17, 15) is 14.7 Å². The summed E-state index contributed by atoms with van der Waals surface area (Å²) in [7, 11) is 0. The van der Waals surface area contributed by atoms with Crippen molar-refractivity contribution in [2.24, 2.45) is 17.1 Å².